The first-order valence-corrected chi connectivity index (χ1v) is 12.9. The van der Waals surface area contributed by atoms with Crippen LogP contribution >= 0.6 is 0 Å². The molecule has 0 saturated carbocycles. The van der Waals surface area contributed by atoms with E-state index >= 15 is 0 Å². The molecule has 0 spiro atoms. The van der Waals surface area contributed by atoms with E-state index in [9.17, 15) is 0 Å². The van der Waals surface area contributed by atoms with Crippen LogP contribution < -0.4 is 0 Å². The fourth-order valence-corrected chi connectivity index (χ4v) is 5.78. The van der Waals surface area contributed by atoms with Gasteiger partial charge in [-0.25, -0.2) is 9.97 Å². The Morgan fingerprint density at radius 1 is 0.487 bits per heavy atom. The fraction of sp³-hybridized carbons (Fsp3) is 0. The number of rotatable bonds is 3. The van der Waals surface area contributed by atoms with Gasteiger partial charge in [0.25, 0.3) is 0 Å². The lowest BCUT2D eigenvalue weighted by Gasteiger charge is -2.17. The van der Waals surface area contributed by atoms with E-state index in [1.807, 2.05) is 42.7 Å². The van der Waals surface area contributed by atoms with Gasteiger partial charge in [-0.1, -0.05) is 91.0 Å². The number of fused-ring (bicyclic) bond motifs is 5. The zero-order chi connectivity index (χ0) is 25.8. The van der Waals surface area contributed by atoms with E-state index in [1.165, 1.54) is 32.7 Å². The normalized spacial score (nSPS) is 11.6. The number of para-hydroxylation sites is 1. The van der Waals surface area contributed by atoms with Crippen LogP contribution in [-0.2, 0) is 0 Å². The summed E-state index contributed by atoms with van der Waals surface area (Å²) >= 11 is 0. The summed E-state index contributed by atoms with van der Waals surface area (Å²) < 4.78 is 6.19. The molecule has 0 saturated heterocycles. The van der Waals surface area contributed by atoms with E-state index in [2.05, 4.69) is 93.8 Å². The summed E-state index contributed by atoms with van der Waals surface area (Å²) in [6.45, 7) is 0. The fourth-order valence-electron chi connectivity index (χ4n) is 5.78. The zero-order valence-electron chi connectivity index (χ0n) is 20.9. The molecule has 0 fully saturated rings. The van der Waals surface area contributed by atoms with E-state index in [-0.39, 0.29) is 0 Å². The van der Waals surface area contributed by atoms with Crippen molar-refractivity contribution in [3.63, 3.8) is 0 Å². The highest BCUT2D eigenvalue weighted by molar-refractivity contribution is 6.21. The summed E-state index contributed by atoms with van der Waals surface area (Å²) in [7, 11) is 0. The molecule has 4 heteroatoms. The molecule has 0 N–H and O–H groups in total. The maximum atomic E-state index is 6.19. The molecule has 0 aliphatic heterocycles. The SMILES string of the molecule is c1cncc(-c2c3ccccc3c(-c3ccc(-c4ncnc5c4oc4ccccc45)cc3)c3ccccc23)c1. The molecule has 3 heterocycles. The van der Waals surface area contributed by atoms with E-state index in [0.29, 0.717) is 5.58 Å². The van der Waals surface area contributed by atoms with Crippen molar-refractivity contribution >= 4 is 43.6 Å². The van der Waals surface area contributed by atoms with Crippen LogP contribution in [0.15, 0.2) is 132 Å². The van der Waals surface area contributed by atoms with Crippen molar-refractivity contribution in [1.82, 2.24) is 15.0 Å². The average Bonchev–Trinajstić information content (AvgIpc) is 3.39. The molecule has 0 aliphatic carbocycles. The first-order chi connectivity index (χ1) is 19.4. The molecule has 0 radical (unpaired) electrons. The predicted molar refractivity (Wildman–Crippen MR) is 158 cm³/mol. The Bertz CT molecular complexity index is 2110. The Morgan fingerprint density at radius 2 is 1.08 bits per heavy atom. The van der Waals surface area contributed by atoms with Crippen LogP contribution in [0.4, 0.5) is 0 Å². The van der Waals surface area contributed by atoms with Crippen molar-refractivity contribution in [2.45, 2.75) is 0 Å². The molecule has 5 aromatic carbocycles. The molecule has 8 rings (SSSR count). The zero-order valence-corrected chi connectivity index (χ0v) is 20.9. The number of aromatic nitrogens is 3. The van der Waals surface area contributed by atoms with Crippen LogP contribution in [-0.4, -0.2) is 15.0 Å². The highest BCUT2D eigenvalue weighted by Crippen LogP contribution is 2.43. The van der Waals surface area contributed by atoms with Crippen molar-refractivity contribution in [3.8, 4) is 33.5 Å². The van der Waals surface area contributed by atoms with Crippen LogP contribution in [0, 0.1) is 0 Å². The summed E-state index contributed by atoms with van der Waals surface area (Å²) in [6, 6.07) is 38.0. The van der Waals surface area contributed by atoms with Crippen LogP contribution in [0.5, 0.6) is 0 Å². The summed E-state index contributed by atoms with van der Waals surface area (Å²) in [5.41, 5.74) is 8.85. The highest BCUT2D eigenvalue weighted by atomic mass is 16.3. The first kappa shape index (κ1) is 21.7. The minimum absolute atomic E-state index is 0.711. The van der Waals surface area contributed by atoms with Gasteiger partial charge >= 0.3 is 0 Å². The quantitative estimate of drug-likeness (QED) is 0.228. The van der Waals surface area contributed by atoms with Crippen molar-refractivity contribution < 1.29 is 4.42 Å². The molecule has 0 unspecified atom stereocenters. The number of nitrogens with zero attached hydrogens (tertiary/aromatic N) is 3. The lowest BCUT2D eigenvalue weighted by Crippen LogP contribution is -1.91. The Kier molecular flexibility index (Phi) is 4.79. The number of hydrogen-bond donors (Lipinski definition) is 0. The van der Waals surface area contributed by atoms with Gasteiger partial charge in [0.05, 0.1) is 0 Å². The molecule has 0 bridgehead atoms. The Balaban J connectivity index is 1.35. The lowest BCUT2D eigenvalue weighted by atomic mass is 9.86. The smallest absolute Gasteiger partial charge is 0.180 e. The van der Waals surface area contributed by atoms with Crippen LogP contribution in [0.2, 0.25) is 0 Å². The minimum atomic E-state index is 0.711. The van der Waals surface area contributed by atoms with Gasteiger partial charge in [0.2, 0.25) is 0 Å². The van der Waals surface area contributed by atoms with Gasteiger partial charge in [-0.15, -0.1) is 0 Å². The average molecular weight is 500 g/mol. The van der Waals surface area contributed by atoms with Crippen LogP contribution in [0.1, 0.15) is 0 Å². The number of furan rings is 1. The summed E-state index contributed by atoms with van der Waals surface area (Å²) in [5, 5.41) is 5.85. The maximum absolute atomic E-state index is 6.19. The standard InChI is InChI=1S/C35H21N3O/c1-3-11-27-25(9-1)31(26-10-2-4-12-28(26)32(27)24-8-7-19-36-20-24)22-15-17-23(18-16-22)33-35-34(38-21-37-33)29-13-5-6-14-30(29)39-35/h1-21H. The maximum Gasteiger partial charge on any atom is 0.180 e. The van der Waals surface area contributed by atoms with E-state index in [0.717, 1.165) is 38.9 Å². The molecular weight excluding hydrogens is 478 g/mol. The second-order valence-corrected chi connectivity index (χ2v) is 9.66. The molecule has 0 atom stereocenters. The number of benzene rings is 5. The Hall–Kier alpha value is -5.35. The molecule has 3 aromatic heterocycles. The minimum Gasteiger partial charge on any atom is -0.452 e. The highest BCUT2D eigenvalue weighted by Gasteiger charge is 2.18. The van der Waals surface area contributed by atoms with Gasteiger partial charge in [-0.05, 0) is 56.4 Å². The monoisotopic (exact) mass is 499 g/mol. The molecule has 39 heavy (non-hydrogen) atoms. The summed E-state index contributed by atoms with van der Waals surface area (Å²) in [6.07, 6.45) is 5.38. The van der Waals surface area contributed by atoms with E-state index in [4.69, 9.17) is 4.42 Å². The third kappa shape index (κ3) is 3.35. The van der Waals surface area contributed by atoms with Crippen molar-refractivity contribution in [1.29, 1.82) is 0 Å². The van der Waals surface area contributed by atoms with Gasteiger partial charge in [-0.3, -0.25) is 4.98 Å². The molecular formula is C35H21N3O. The number of pyridine rings is 1. The third-order valence-corrected chi connectivity index (χ3v) is 7.49. The van der Waals surface area contributed by atoms with Gasteiger partial charge in [-0.2, -0.15) is 0 Å². The Morgan fingerprint density at radius 3 is 1.72 bits per heavy atom. The van der Waals surface area contributed by atoms with Gasteiger partial charge in [0.15, 0.2) is 5.58 Å². The Labute approximate surface area is 224 Å². The van der Waals surface area contributed by atoms with Crippen molar-refractivity contribution in [2.24, 2.45) is 0 Å². The van der Waals surface area contributed by atoms with E-state index in [1.54, 1.807) is 6.33 Å². The van der Waals surface area contributed by atoms with Gasteiger partial charge < -0.3 is 4.42 Å². The molecule has 182 valence electrons. The second kappa shape index (κ2) is 8.61. The first-order valence-electron chi connectivity index (χ1n) is 12.9. The largest absolute Gasteiger partial charge is 0.452 e. The predicted octanol–water partition coefficient (Wildman–Crippen LogP) is 9.08. The topological polar surface area (TPSA) is 51.8 Å². The summed E-state index contributed by atoms with van der Waals surface area (Å²) in [5.74, 6) is 0. The lowest BCUT2D eigenvalue weighted by molar-refractivity contribution is 0.667. The molecule has 8 aromatic rings. The van der Waals surface area contributed by atoms with Gasteiger partial charge in [0, 0.05) is 28.9 Å². The number of hydrogen-bond acceptors (Lipinski definition) is 4. The van der Waals surface area contributed by atoms with Crippen LogP contribution in [0.25, 0.3) is 77.1 Å². The second-order valence-electron chi connectivity index (χ2n) is 9.66. The van der Waals surface area contributed by atoms with Crippen molar-refractivity contribution in [2.75, 3.05) is 0 Å². The molecule has 0 aliphatic rings. The molecule has 4 nitrogen and oxygen atoms in total. The third-order valence-electron chi connectivity index (χ3n) is 7.49. The summed E-state index contributed by atoms with van der Waals surface area (Å²) in [4.78, 5) is 13.5. The molecule has 0 amide bonds. The van der Waals surface area contributed by atoms with Crippen molar-refractivity contribution in [3.05, 3.63) is 128 Å². The van der Waals surface area contributed by atoms with Gasteiger partial charge in [0.1, 0.15) is 23.1 Å². The van der Waals surface area contributed by atoms with Crippen LogP contribution in [0.3, 0.4) is 0 Å². The van der Waals surface area contributed by atoms with E-state index < -0.39 is 0 Å².